The average Bonchev–Trinajstić information content (AvgIpc) is 2.09. The molecule has 0 radical (unpaired) electrons. The van der Waals surface area contributed by atoms with Gasteiger partial charge in [0.1, 0.15) is 9.21 Å². The van der Waals surface area contributed by atoms with Crippen molar-refractivity contribution >= 4 is 37.8 Å². The number of carbonyl (C=O) groups excluding carboxylic acids is 1. The smallest absolute Gasteiger partial charge is 0.217 e. The standard InChI is InChI=1S/C8H7Br2FN2O/c9-7-4(1-2-6(12)14)3-5(11)8(10)13-7/h3H,1-2H2,(H2,12,14). The van der Waals surface area contributed by atoms with Crippen molar-refractivity contribution in [3.63, 3.8) is 0 Å². The van der Waals surface area contributed by atoms with Crippen molar-refractivity contribution < 1.29 is 9.18 Å². The minimum Gasteiger partial charge on any atom is -0.370 e. The number of aromatic nitrogens is 1. The van der Waals surface area contributed by atoms with Gasteiger partial charge in [0.15, 0.2) is 5.82 Å². The van der Waals surface area contributed by atoms with Gasteiger partial charge in [-0.15, -0.1) is 0 Å². The van der Waals surface area contributed by atoms with Crippen LogP contribution in [0.5, 0.6) is 0 Å². The molecule has 1 amide bonds. The van der Waals surface area contributed by atoms with Crippen molar-refractivity contribution in [2.24, 2.45) is 5.73 Å². The Hall–Kier alpha value is -0.490. The predicted octanol–water partition coefficient (Wildman–Crippen LogP) is 2.16. The minimum atomic E-state index is -0.451. The number of rotatable bonds is 3. The van der Waals surface area contributed by atoms with Crippen LogP contribution in [0.15, 0.2) is 15.3 Å². The number of carbonyl (C=O) groups is 1. The lowest BCUT2D eigenvalue weighted by Crippen LogP contribution is -2.11. The van der Waals surface area contributed by atoms with Crippen LogP contribution in [0, 0.1) is 5.82 Å². The number of primary amides is 1. The number of pyridine rings is 1. The van der Waals surface area contributed by atoms with Gasteiger partial charge >= 0.3 is 0 Å². The zero-order chi connectivity index (χ0) is 10.7. The monoisotopic (exact) mass is 324 g/mol. The summed E-state index contributed by atoms with van der Waals surface area (Å²) >= 11 is 6.12. The molecule has 1 aromatic rings. The van der Waals surface area contributed by atoms with E-state index in [0.29, 0.717) is 16.6 Å². The number of nitrogens with two attached hydrogens (primary N) is 1. The molecule has 0 aliphatic carbocycles. The lowest BCUT2D eigenvalue weighted by atomic mass is 10.1. The normalized spacial score (nSPS) is 10.2. The predicted molar refractivity (Wildman–Crippen MR) is 57.1 cm³/mol. The van der Waals surface area contributed by atoms with Crippen LogP contribution in [0.25, 0.3) is 0 Å². The number of halogens is 3. The molecule has 76 valence electrons. The second kappa shape index (κ2) is 4.84. The first kappa shape index (κ1) is 11.6. The van der Waals surface area contributed by atoms with E-state index in [-0.39, 0.29) is 11.0 Å². The fraction of sp³-hybridized carbons (Fsp3) is 0.250. The van der Waals surface area contributed by atoms with Crippen LogP contribution in [0.3, 0.4) is 0 Å². The zero-order valence-electron chi connectivity index (χ0n) is 7.06. The molecule has 0 unspecified atom stereocenters. The SMILES string of the molecule is NC(=O)CCc1cc(F)c(Br)nc1Br. The maximum atomic E-state index is 13.0. The minimum absolute atomic E-state index is 0.146. The van der Waals surface area contributed by atoms with Crippen LogP contribution < -0.4 is 5.73 Å². The highest BCUT2D eigenvalue weighted by Crippen LogP contribution is 2.22. The van der Waals surface area contributed by atoms with Gasteiger partial charge in [-0.25, -0.2) is 9.37 Å². The van der Waals surface area contributed by atoms with Crippen LogP contribution >= 0.6 is 31.9 Å². The van der Waals surface area contributed by atoms with Gasteiger partial charge in [-0.3, -0.25) is 4.79 Å². The molecule has 0 bridgehead atoms. The van der Waals surface area contributed by atoms with E-state index in [4.69, 9.17) is 5.73 Å². The van der Waals surface area contributed by atoms with Crippen molar-refractivity contribution in [1.29, 1.82) is 0 Å². The van der Waals surface area contributed by atoms with Crippen LogP contribution in [-0.2, 0) is 11.2 Å². The van der Waals surface area contributed by atoms with Crippen molar-refractivity contribution in [3.05, 3.63) is 26.7 Å². The van der Waals surface area contributed by atoms with Gasteiger partial charge in [-0.05, 0) is 49.9 Å². The Kier molecular flexibility index (Phi) is 4.00. The van der Waals surface area contributed by atoms with E-state index in [1.807, 2.05) is 0 Å². The third-order valence-electron chi connectivity index (χ3n) is 1.60. The molecule has 1 heterocycles. The second-order valence-corrected chi connectivity index (χ2v) is 4.18. The molecule has 2 N–H and O–H groups in total. The van der Waals surface area contributed by atoms with E-state index in [1.54, 1.807) is 0 Å². The molecular weight excluding hydrogens is 319 g/mol. The highest BCUT2D eigenvalue weighted by Gasteiger charge is 2.08. The summed E-state index contributed by atoms with van der Waals surface area (Å²) in [6, 6.07) is 1.32. The summed E-state index contributed by atoms with van der Waals surface area (Å²) in [5.74, 6) is -0.868. The lowest BCUT2D eigenvalue weighted by Gasteiger charge is -2.03. The Bertz CT molecular complexity index is 371. The number of amides is 1. The Morgan fingerprint density at radius 3 is 2.71 bits per heavy atom. The number of aryl methyl sites for hydroxylation is 1. The molecule has 0 aliphatic heterocycles. The van der Waals surface area contributed by atoms with E-state index in [0.717, 1.165) is 0 Å². The van der Waals surface area contributed by atoms with E-state index in [1.165, 1.54) is 6.07 Å². The van der Waals surface area contributed by atoms with E-state index >= 15 is 0 Å². The summed E-state index contributed by atoms with van der Waals surface area (Å²) in [6.07, 6.45) is 0.564. The van der Waals surface area contributed by atoms with Crippen molar-refractivity contribution in [2.45, 2.75) is 12.8 Å². The average molecular weight is 326 g/mol. The van der Waals surface area contributed by atoms with Crippen molar-refractivity contribution in [1.82, 2.24) is 4.98 Å². The maximum Gasteiger partial charge on any atom is 0.217 e. The Morgan fingerprint density at radius 1 is 1.50 bits per heavy atom. The fourth-order valence-corrected chi connectivity index (χ4v) is 1.94. The van der Waals surface area contributed by atoms with E-state index < -0.39 is 11.7 Å². The third kappa shape index (κ3) is 3.02. The van der Waals surface area contributed by atoms with Crippen LogP contribution in [-0.4, -0.2) is 10.9 Å². The summed E-state index contributed by atoms with van der Waals surface area (Å²) in [5.41, 5.74) is 5.61. The summed E-state index contributed by atoms with van der Waals surface area (Å²) in [4.78, 5) is 14.4. The first-order valence-corrected chi connectivity index (χ1v) is 5.38. The first-order chi connectivity index (χ1) is 6.50. The highest BCUT2D eigenvalue weighted by molar-refractivity contribution is 9.11. The molecule has 0 saturated carbocycles. The second-order valence-electron chi connectivity index (χ2n) is 2.68. The molecule has 0 aromatic carbocycles. The Balaban J connectivity index is 2.87. The summed E-state index contributed by atoms with van der Waals surface area (Å²) in [6.45, 7) is 0. The quantitative estimate of drug-likeness (QED) is 0.866. The Labute approximate surface area is 97.1 Å². The molecule has 1 rings (SSSR count). The Morgan fingerprint density at radius 2 is 2.14 bits per heavy atom. The molecule has 0 aliphatic rings. The number of hydrogen-bond acceptors (Lipinski definition) is 2. The zero-order valence-corrected chi connectivity index (χ0v) is 10.2. The van der Waals surface area contributed by atoms with Gasteiger partial charge in [-0.2, -0.15) is 0 Å². The van der Waals surface area contributed by atoms with E-state index in [9.17, 15) is 9.18 Å². The van der Waals surface area contributed by atoms with Gasteiger partial charge in [0, 0.05) is 6.42 Å². The highest BCUT2D eigenvalue weighted by atomic mass is 79.9. The molecule has 6 heteroatoms. The van der Waals surface area contributed by atoms with Crippen LogP contribution in [0.2, 0.25) is 0 Å². The molecular formula is C8H7Br2FN2O. The van der Waals surface area contributed by atoms with Gasteiger partial charge in [0.25, 0.3) is 0 Å². The van der Waals surface area contributed by atoms with Crippen LogP contribution in [0.1, 0.15) is 12.0 Å². The fourth-order valence-electron chi connectivity index (χ4n) is 0.917. The third-order valence-corrected chi connectivity index (χ3v) is 2.84. The molecule has 0 atom stereocenters. The van der Waals surface area contributed by atoms with Gasteiger partial charge < -0.3 is 5.73 Å². The molecule has 14 heavy (non-hydrogen) atoms. The molecule has 0 saturated heterocycles. The largest absolute Gasteiger partial charge is 0.370 e. The van der Waals surface area contributed by atoms with Crippen LogP contribution in [0.4, 0.5) is 4.39 Å². The lowest BCUT2D eigenvalue weighted by molar-refractivity contribution is -0.117. The first-order valence-electron chi connectivity index (χ1n) is 3.79. The summed E-state index contributed by atoms with van der Waals surface area (Å²) in [5, 5.41) is 0. The number of hydrogen-bond donors (Lipinski definition) is 1. The molecule has 0 fully saturated rings. The number of nitrogens with zero attached hydrogens (tertiary/aromatic N) is 1. The van der Waals surface area contributed by atoms with Gasteiger partial charge in [-0.1, -0.05) is 0 Å². The summed E-state index contributed by atoms with van der Waals surface area (Å²) < 4.78 is 13.7. The summed E-state index contributed by atoms with van der Waals surface area (Å²) in [7, 11) is 0. The molecule has 3 nitrogen and oxygen atoms in total. The van der Waals surface area contributed by atoms with E-state index in [2.05, 4.69) is 36.8 Å². The van der Waals surface area contributed by atoms with Crippen molar-refractivity contribution in [2.75, 3.05) is 0 Å². The maximum absolute atomic E-state index is 13.0. The van der Waals surface area contributed by atoms with Gasteiger partial charge in [0.05, 0.1) is 0 Å². The van der Waals surface area contributed by atoms with Gasteiger partial charge in [0.2, 0.25) is 5.91 Å². The van der Waals surface area contributed by atoms with Crippen molar-refractivity contribution in [3.8, 4) is 0 Å². The topological polar surface area (TPSA) is 56.0 Å². The molecule has 1 aromatic heterocycles. The molecule has 0 spiro atoms.